The molecule has 0 aliphatic heterocycles. The maximum atomic E-state index is 12.5. The molecule has 30 heavy (non-hydrogen) atoms. The number of benzene rings is 2. The topological polar surface area (TPSA) is 69.0 Å². The Bertz CT molecular complexity index is 1020. The lowest BCUT2D eigenvalue weighted by molar-refractivity contribution is -0.119. The molecule has 4 rings (SSSR count). The van der Waals surface area contributed by atoms with E-state index in [0.717, 1.165) is 19.3 Å². The summed E-state index contributed by atoms with van der Waals surface area (Å²) in [6.07, 6.45) is 3.15. The minimum atomic E-state index is 0.00340. The van der Waals surface area contributed by atoms with E-state index in [2.05, 4.69) is 33.7 Å². The van der Waals surface area contributed by atoms with Crippen LogP contribution in [0.2, 0.25) is 5.02 Å². The second kappa shape index (κ2) is 9.53. The third-order valence-electron chi connectivity index (χ3n) is 5.14. The van der Waals surface area contributed by atoms with E-state index in [-0.39, 0.29) is 18.6 Å². The van der Waals surface area contributed by atoms with Gasteiger partial charge in [-0.05, 0) is 54.7 Å². The Labute approximate surface area is 185 Å². The molecule has 1 aromatic heterocycles. The van der Waals surface area contributed by atoms with Crippen molar-refractivity contribution in [1.82, 2.24) is 20.1 Å². The van der Waals surface area contributed by atoms with E-state index < -0.39 is 0 Å². The lowest BCUT2D eigenvalue weighted by Crippen LogP contribution is -2.32. The smallest absolute Gasteiger partial charge is 0.230 e. The molecule has 0 radical (unpaired) electrons. The van der Waals surface area contributed by atoms with Gasteiger partial charge in [0.1, 0.15) is 12.4 Å². The average Bonchev–Trinajstić information content (AvgIpc) is 3.11. The van der Waals surface area contributed by atoms with Crippen molar-refractivity contribution in [3.05, 3.63) is 70.5 Å². The maximum absolute atomic E-state index is 12.5. The first kappa shape index (κ1) is 20.8. The van der Waals surface area contributed by atoms with E-state index in [0.29, 0.717) is 27.5 Å². The number of aryl methyl sites for hydroxylation is 1. The highest BCUT2D eigenvalue weighted by Crippen LogP contribution is 2.29. The fraction of sp³-hybridized carbons (Fsp3) is 0.318. The molecule has 1 aliphatic rings. The maximum Gasteiger partial charge on any atom is 0.230 e. The van der Waals surface area contributed by atoms with Gasteiger partial charge < -0.3 is 14.6 Å². The molecule has 156 valence electrons. The van der Waals surface area contributed by atoms with Crippen LogP contribution in [0.4, 0.5) is 0 Å². The number of fused-ring (bicyclic) bond motifs is 1. The molecular formula is C22H23ClN4O2S. The number of carbonyl (C=O) groups excluding carboxylic acids is 1. The SMILES string of the molecule is Cn1c(COc2ccc(Cl)cc2)nnc1SCC(=O)N[C@H]1CCCc2ccccc21. The molecule has 1 aliphatic carbocycles. The van der Waals surface area contributed by atoms with Crippen LogP contribution in [0.5, 0.6) is 5.75 Å². The standard InChI is InChI=1S/C22H23ClN4O2S/c1-27-20(13-29-17-11-9-16(23)10-12-17)25-26-22(27)30-14-21(28)24-19-8-4-6-15-5-2-3-7-18(15)19/h2-3,5,7,9-12,19H,4,6,8,13-14H2,1H3,(H,24,28)/t19-/m0/s1. The van der Waals surface area contributed by atoms with Gasteiger partial charge >= 0.3 is 0 Å². The number of rotatable bonds is 7. The highest BCUT2D eigenvalue weighted by Gasteiger charge is 2.21. The van der Waals surface area contributed by atoms with E-state index in [4.69, 9.17) is 16.3 Å². The van der Waals surface area contributed by atoms with Gasteiger partial charge in [0.25, 0.3) is 0 Å². The summed E-state index contributed by atoms with van der Waals surface area (Å²) < 4.78 is 7.58. The van der Waals surface area contributed by atoms with Gasteiger partial charge in [-0.15, -0.1) is 10.2 Å². The van der Waals surface area contributed by atoms with Crippen LogP contribution in [0.3, 0.4) is 0 Å². The van der Waals surface area contributed by atoms with Crippen molar-refractivity contribution >= 4 is 29.3 Å². The van der Waals surface area contributed by atoms with Gasteiger partial charge in [-0.3, -0.25) is 4.79 Å². The molecule has 0 bridgehead atoms. The van der Waals surface area contributed by atoms with Gasteiger partial charge in [0.2, 0.25) is 5.91 Å². The van der Waals surface area contributed by atoms with Crippen molar-refractivity contribution in [3.63, 3.8) is 0 Å². The largest absolute Gasteiger partial charge is 0.486 e. The van der Waals surface area contributed by atoms with Gasteiger partial charge in [-0.1, -0.05) is 47.6 Å². The number of amides is 1. The summed E-state index contributed by atoms with van der Waals surface area (Å²) in [5, 5.41) is 12.9. The Hall–Kier alpha value is -2.51. The van der Waals surface area contributed by atoms with Gasteiger partial charge in [0.15, 0.2) is 11.0 Å². The number of hydrogen-bond donors (Lipinski definition) is 1. The Morgan fingerprint density at radius 3 is 2.87 bits per heavy atom. The monoisotopic (exact) mass is 442 g/mol. The number of nitrogens with zero attached hydrogens (tertiary/aromatic N) is 3. The second-order valence-corrected chi connectivity index (χ2v) is 8.58. The minimum Gasteiger partial charge on any atom is -0.486 e. The van der Waals surface area contributed by atoms with Crippen molar-refractivity contribution in [2.75, 3.05) is 5.75 Å². The summed E-state index contributed by atoms with van der Waals surface area (Å²) in [5.74, 6) is 1.70. The molecule has 6 nitrogen and oxygen atoms in total. The molecule has 0 saturated heterocycles. The van der Waals surface area contributed by atoms with E-state index >= 15 is 0 Å². The summed E-state index contributed by atoms with van der Waals surface area (Å²) in [5.41, 5.74) is 2.57. The molecule has 1 amide bonds. The van der Waals surface area contributed by atoms with Crippen LogP contribution in [0.1, 0.15) is 35.8 Å². The van der Waals surface area contributed by atoms with Crippen molar-refractivity contribution in [1.29, 1.82) is 0 Å². The normalized spacial score (nSPS) is 15.5. The summed E-state index contributed by atoms with van der Waals surface area (Å²) in [4.78, 5) is 12.5. The molecule has 8 heteroatoms. The number of aromatic nitrogens is 3. The van der Waals surface area contributed by atoms with Crippen molar-refractivity contribution in [2.45, 2.75) is 37.1 Å². The Morgan fingerprint density at radius 1 is 1.23 bits per heavy atom. The molecule has 0 saturated carbocycles. The predicted molar refractivity (Wildman–Crippen MR) is 118 cm³/mol. The van der Waals surface area contributed by atoms with Crippen LogP contribution in [0.25, 0.3) is 0 Å². The first-order valence-corrected chi connectivity index (χ1v) is 11.2. The minimum absolute atomic E-state index is 0.00340. The fourth-order valence-electron chi connectivity index (χ4n) is 3.55. The zero-order chi connectivity index (χ0) is 20.9. The van der Waals surface area contributed by atoms with Crippen molar-refractivity contribution in [2.24, 2.45) is 7.05 Å². The second-order valence-electron chi connectivity index (χ2n) is 7.20. The number of nitrogens with one attached hydrogen (secondary N) is 1. The Morgan fingerprint density at radius 2 is 2.03 bits per heavy atom. The lowest BCUT2D eigenvalue weighted by atomic mass is 9.88. The number of thioether (sulfide) groups is 1. The van der Waals surface area contributed by atoms with E-state index in [1.54, 1.807) is 12.1 Å². The third kappa shape index (κ3) is 4.96. The first-order valence-electron chi connectivity index (χ1n) is 9.87. The molecule has 1 heterocycles. The molecule has 2 aromatic carbocycles. The molecule has 0 unspecified atom stereocenters. The van der Waals surface area contributed by atoms with Crippen LogP contribution >= 0.6 is 23.4 Å². The lowest BCUT2D eigenvalue weighted by Gasteiger charge is -2.26. The van der Waals surface area contributed by atoms with Crippen LogP contribution < -0.4 is 10.1 Å². The zero-order valence-electron chi connectivity index (χ0n) is 16.7. The summed E-state index contributed by atoms with van der Waals surface area (Å²) >= 11 is 7.26. The third-order valence-corrected chi connectivity index (χ3v) is 6.42. The summed E-state index contributed by atoms with van der Waals surface area (Å²) in [6.45, 7) is 0.288. The Kier molecular flexibility index (Phi) is 6.59. The Balaban J connectivity index is 1.30. The number of halogens is 1. The van der Waals surface area contributed by atoms with Crippen LogP contribution in [0.15, 0.2) is 53.7 Å². The summed E-state index contributed by atoms with van der Waals surface area (Å²) in [6, 6.07) is 15.6. The van der Waals surface area contributed by atoms with Crippen LogP contribution in [-0.2, 0) is 24.9 Å². The molecule has 0 fully saturated rings. The molecule has 3 aromatic rings. The van der Waals surface area contributed by atoms with Gasteiger partial charge in [0.05, 0.1) is 11.8 Å². The molecule has 1 N–H and O–H groups in total. The van der Waals surface area contributed by atoms with Gasteiger partial charge in [0, 0.05) is 12.1 Å². The van der Waals surface area contributed by atoms with Crippen LogP contribution in [0, 0.1) is 0 Å². The predicted octanol–water partition coefficient (Wildman–Crippen LogP) is 4.33. The highest BCUT2D eigenvalue weighted by molar-refractivity contribution is 7.99. The van der Waals surface area contributed by atoms with E-state index in [9.17, 15) is 4.79 Å². The fourth-order valence-corrected chi connectivity index (χ4v) is 4.41. The van der Waals surface area contributed by atoms with Crippen molar-refractivity contribution in [3.8, 4) is 5.75 Å². The van der Waals surface area contributed by atoms with Gasteiger partial charge in [-0.2, -0.15) is 0 Å². The zero-order valence-corrected chi connectivity index (χ0v) is 18.2. The number of ether oxygens (including phenoxy) is 1. The highest BCUT2D eigenvalue weighted by atomic mass is 35.5. The first-order chi connectivity index (χ1) is 14.6. The molecule has 1 atom stereocenters. The quantitative estimate of drug-likeness (QED) is 0.551. The number of carbonyl (C=O) groups is 1. The van der Waals surface area contributed by atoms with Gasteiger partial charge in [-0.25, -0.2) is 0 Å². The van der Waals surface area contributed by atoms with Crippen LogP contribution in [-0.4, -0.2) is 26.4 Å². The number of hydrogen-bond acceptors (Lipinski definition) is 5. The van der Waals surface area contributed by atoms with E-state index in [1.165, 1.54) is 22.9 Å². The van der Waals surface area contributed by atoms with E-state index in [1.807, 2.05) is 29.8 Å². The summed E-state index contributed by atoms with van der Waals surface area (Å²) in [7, 11) is 1.87. The average molecular weight is 443 g/mol. The van der Waals surface area contributed by atoms with Crippen molar-refractivity contribution < 1.29 is 9.53 Å². The molecule has 0 spiro atoms. The molecular weight excluding hydrogens is 420 g/mol.